The van der Waals surface area contributed by atoms with Crippen LogP contribution in [0.4, 0.5) is 0 Å². The number of esters is 1. The molecule has 0 saturated carbocycles. The van der Waals surface area contributed by atoms with Crippen LogP contribution in [0.25, 0.3) is 0 Å². The quantitative estimate of drug-likeness (QED) is 0.0195. The zero-order chi connectivity index (χ0) is 60.3. The molecule has 0 radical (unpaired) electrons. The monoisotopic (exact) mass is 1160 g/mol. The van der Waals surface area contributed by atoms with E-state index in [0.29, 0.717) is 12.8 Å². The van der Waals surface area contributed by atoms with Crippen molar-refractivity contribution in [3.8, 4) is 0 Å². The third kappa shape index (κ3) is 46.5. The number of rotatable bonds is 57. The average molecular weight is 1160 g/mol. The van der Waals surface area contributed by atoms with Gasteiger partial charge in [-0.05, 0) is 109 Å². The third-order valence-corrected chi connectivity index (χ3v) is 15.5. The Kier molecular flexibility index (Phi) is 55.1. The number of carbonyl (C=O) groups is 2. The molecule has 1 fully saturated rings. The van der Waals surface area contributed by atoms with Gasteiger partial charge in [0.25, 0.3) is 0 Å². The molecule has 478 valence electrons. The fraction of sp³-hybridized carbons (Fsp3) is 0.750. The van der Waals surface area contributed by atoms with Gasteiger partial charge in [0.15, 0.2) is 12.4 Å². The second-order valence-corrected chi connectivity index (χ2v) is 23.2. The second kappa shape index (κ2) is 58.9. The summed E-state index contributed by atoms with van der Waals surface area (Å²) in [4.78, 5) is 26.6. The van der Waals surface area contributed by atoms with Gasteiger partial charge < -0.3 is 45.1 Å². The Morgan fingerprint density at radius 2 is 0.831 bits per heavy atom. The van der Waals surface area contributed by atoms with Crippen LogP contribution in [0.2, 0.25) is 0 Å². The van der Waals surface area contributed by atoms with Gasteiger partial charge >= 0.3 is 5.97 Å². The summed E-state index contributed by atoms with van der Waals surface area (Å²) in [5.74, 6) is -1.22. The van der Waals surface area contributed by atoms with Gasteiger partial charge in [-0.2, -0.15) is 0 Å². The minimum Gasteiger partial charge on any atom is -0.454 e. The molecule has 8 atom stereocenters. The molecule has 1 heterocycles. The average Bonchev–Trinajstić information content (AvgIpc) is 3.50. The van der Waals surface area contributed by atoms with Crippen LogP contribution in [0.1, 0.15) is 284 Å². The van der Waals surface area contributed by atoms with Crippen molar-refractivity contribution in [1.29, 1.82) is 0 Å². The third-order valence-electron chi connectivity index (χ3n) is 15.5. The molecular formula is C72H125NO10. The largest absolute Gasteiger partial charge is 0.454 e. The van der Waals surface area contributed by atoms with E-state index in [1.54, 1.807) is 6.08 Å². The normalized spacial score (nSPS) is 19.2. The Bertz CT molecular complexity index is 1720. The first-order chi connectivity index (χ1) is 40.7. The number of nitrogens with one attached hydrogen (secondary N) is 1. The zero-order valence-electron chi connectivity index (χ0n) is 53.0. The maximum absolute atomic E-state index is 13.5. The second-order valence-electron chi connectivity index (χ2n) is 23.2. The highest BCUT2D eigenvalue weighted by atomic mass is 16.7. The Labute approximate surface area is 507 Å². The van der Waals surface area contributed by atoms with E-state index < -0.39 is 67.4 Å². The topological polar surface area (TPSA) is 175 Å². The van der Waals surface area contributed by atoms with Crippen LogP contribution in [0.15, 0.2) is 97.2 Å². The van der Waals surface area contributed by atoms with Crippen LogP contribution in [-0.4, -0.2) is 99.6 Å². The van der Waals surface area contributed by atoms with Gasteiger partial charge in [-0.15, -0.1) is 0 Å². The summed E-state index contributed by atoms with van der Waals surface area (Å²) in [6.07, 6.45) is 68.6. The lowest BCUT2D eigenvalue weighted by Gasteiger charge is -2.41. The number of carbonyl (C=O) groups excluding carboxylic acids is 2. The summed E-state index contributed by atoms with van der Waals surface area (Å²) in [5, 5.41) is 57.2. The number of hydrogen-bond donors (Lipinski definition) is 6. The number of aliphatic hydroxyl groups excluding tert-OH is 5. The molecule has 1 aliphatic heterocycles. The van der Waals surface area contributed by atoms with Gasteiger partial charge in [-0.25, -0.2) is 0 Å². The lowest BCUT2D eigenvalue weighted by molar-refractivity contribution is -0.305. The first-order valence-electron chi connectivity index (χ1n) is 34.0. The Morgan fingerprint density at radius 3 is 1.27 bits per heavy atom. The van der Waals surface area contributed by atoms with Crippen LogP contribution in [-0.2, 0) is 23.8 Å². The predicted octanol–water partition coefficient (Wildman–Crippen LogP) is 17.1. The number of aliphatic hydroxyl groups is 5. The molecule has 0 spiro atoms. The first-order valence-corrected chi connectivity index (χ1v) is 34.0. The Hall–Kier alpha value is -3.42. The number of amides is 1. The molecule has 1 amide bonds. The van der Waals surface area contributed by atoms with Crippen molar-refractivity contribution < 1.29 is 49.3 Å². The minimum absolute atomic E-state index is 0.105. The van der Waals surface area contributed by atoms with E-state index in [2.05, 4.69) is 111 Å². The molecule has 0 aliphatic carbocycles. The summed E-state index contributed by atoms with van der Waals surface area (Å²) in [5.41, 5.74) is 0. The zero-order valence-corrected chi connectivity index (χ0v) is 53.0. The molecule has 6 N–H and O–H groups in total. The predicted molar refractivity (Wildman–Crippen MR) is 347 cm³/mol. The molecule has 0 aromatic carbocycles. The standard InChI is InChI=1S/C72H125NO10/c1-4-7-10-13-16-19-22-25-27-29-31-32-33-34-35-37-39-42-45-48-51-54-57-60-67(77)83-70-69(79)68(78)66(61-74)82-72(70)81-62-63(64(75)58-55-52-49-46-43-40-24-21-18-15-12-9-6-3)73-71(80)65(76)59-56-53-50-47-44-41-38-36-30-28-26-23-20-17-14-11-8-5-2/h16-17,19-20,25-28,31-32,34-36,38,55,58,63-66,68-70,72,74-76,78-79H,4-15,18,21-24,29-30,33,37,39-54,56-57,59-62H2,1-3H3,(H,73,80)/b19-16-,20-17-,27-25-,28-26-,32-31-,35-34-,38-36-,58-55+. The molecule has 1 rings (SSSR count). The SMILES string of the molecule is CCCCC/C=C\C/C=C\C/C=C\C/C=C\CCCCCCCCCC(=O)OC1C(OCC(NC(=O)C(O)CCCCCCC/C=C\C/C=C\C/C=C\CCCCC)C(O)/C=C/CCCCCCCCCCCCC)OC(CO)C(O)C1O. The van der Waals surface area contributed by atoms with E-state index in [9.17, 15) is 35.1 Å². The van der Waals surface area contributed by atoms with E-state index >= 15 is 0 Å². The van der Waals surface area contributed by atoms with E-state index in [1.165, 1.54) is 109 Å². The maximum Gasteiger partial charge on any atom is 0.306 e. The number of hydrogen-bond acceptors (Lipinski definition) is 10. The van der Waals surface area contributed by atoms with Crippen molar-refractivity contribution in [3.05, 3.63) is 97.2 Å². The number of allylic oxidation sites excluding steroid dienone is 15. The molecule has 0 aromatic rings. The first kappa shape index (κ1) is 77.6. The molecule has 1 aliphatic rings. The van der Waals surface area contributed by atoms with E-state index in [4.69, 9.17) is 14.2 Å². The maximum atomic E-state index is 13.5. The Balaban J connectivity index is 2.65. The molecule has 11 heteroatoms. The molecule has 1 saturated heterocycles. The van der Waals surface area contributed by atoms with E-state index in [0.717, 1.165) is 128 Å². The van der Waals surface area contributed by atoms with Gasteiger partial charge in [-0.1, -0.05) is 266 Å². The van der Waals surface area contributed by atoms with Crippen LogP contribution >= 0.6 is 0 Å². The minimum atomic E-state index is -1.63. The highest BCUT2D eigenvalue weighted by molar-refractivity contribution is 5.80. The van der Waals surface area contributed by atoms with Crippen molar-refractivity contribution in [2.24, 2.45) is 0 Å². The molecule has 8 unspecified atom stereocenters. The number of ether oxygens (including phenoxy) is 3. The van der Waals surface area contributed by atoms with Crippen molar-refractivity contribution in [3.63, 3.8) is 0 Å². The summed E-state index contributed by atoms with van der Waals surface area (Å²) in [7, 11) is 0. The van der Waals surface area contributed by atoms with E-state index in [-0.39, 0.29) is 19.4 Å². The highest BCUT2D eigenvalue weighted by Crippen LogP contribution is 2.26. The molecule has 0 aromatic heterocycles. The van der Waals surface area contributed by atoms with E-state index in [1.807, 2.05) is 6.08 Å². The van der Waals surface area contributed by atoms with Crippen molar-refractivity contribution in [2.45, 2.75) is 333 Å². The highest BCUT2D eigenvalue weighted by Gasteiger charge is 2.47. The van der Waals surface area contributed by atoms with Crippen LogP contribution in [0.3, 0.4) is 0 Å². The van der Waals surface area contributed by atoms with Crippen molar-refractivity contribution in [1.82, 2.24) is 5.32 Å². The van der Waals surface area contributed by atoms with Gasteiger partial charge in [0.2, 0.25) is 5.91 Å². The Morgan fingerprint density at radius 1 is 0.470 bits per heavy atom. The van der Waals surface area contributed by atoms with Crippen molar-refractivity contribution in [2.75, 3.05) is 13.2 Å². The van der Waals surface area contributed by atoms with Crippen LogP contribution in [0, 0.1) is 0 Å². The summed E-state index contributed by atoms with van der Waals surface area (Å²) in [6.45, 7) is 5.73. The molecular weight excluding hydrogens is 1040 g/mol. The summed E-state index contributed by atoms with van der Waals surface area (Å²) >= 11 is 0. The number of unbranched alkanes of at least 4 members (excludes halogenated alkanes) is 29. The van der Waals surface area contributed by atoms with Crippen LogP contribution < -0.4 is 5.32 Å². The van der Waals surface area contributed by atoms with Gasteiger partial charge in [0.05, 0.1) is 25.4 Å². The summed E-state index contributed by atoms with van der Waals surface area (Å²) in [6, 6.07) is -1.04. The lowest BCUT2D eigenvalue weighted by atomic mass is 9.99. The molecule has 11 nitrogen and oxygen atoms in total. The van der Waals surface area contributed by atoms with Gasteiger partial charge in [-0.3, -0.25) is 9.59 Å². The fourth-order valence-electron chi connectivity index (χ4n) is 10.1. The van der Waals surface area contributed by atoms with Gasteiger partial charge in [0.1, 0.15) is 24.4 Å². The molecule has 0 bridgehead atoms. The van der Waals surface area contributed by atoms with Crippen molar-refractivity contribution >= 4 is 11.9 Å². The van der Waals surface area contributed by atoms with Gasteiger partial charge in [0, 0.05) is 6.42 Å². The summed E-state index contributed by atoms with van der Waals surface area (Å²) < 4.78 is 17.7. The molecule has 83 heavy (non-hydrogen) atoms. The van der Waals surface area contributed by atoms with Crippen LogP contribution in [0.5, 0.6) is 0 Å². The smallest absolute Gasteiger partial charge is 0.306 e. The fourth-order valence-corrected chi connectivity index (χ4v) is 10.1. The lowest BCUT2D eigenvalue weighted by Crippen LogP contribution is -2.61.